The molecule has 0 atom stereocenters. The molecule has 0 fully saturated rings. The molecule has 0 unspecified atom stereocenters. The van der Waals surface area contributed by atoms with Crippen molar-refractivity contribution in [2.45, 2.75) is 24.3 Å². The normalized spacial score (nSPS) is 12.7. The largest absolute Gasteiger partial charge is 0.399 e. The van der Waals surface area contributed by atoms with E-state index in [2.05, 4.69) is 20.7 Å². The van der Waals surface area contributed by atoms with Crippen LogP contribution in [0.1, 0.15) is 13.8 Å². The van der Waals surface area contributed by atoms with Gasteiger partial charge in [-0.3, -0.25) is 0 Å². The Morgan fingerprint density at radius 1 is 1.47 bits per heavy atom. The van der Waals surface area contributed by atoms with Crippen molar-refractivity contribution in [1.29, 1.82) is 0 Å². The fourth-order valence-corrected chi connectivity index (χ4v) is 3.14. The predicted molar refractivity (Wildman–Crippen MR) is 74.8 cm³/mol. The van der Waals surface area contributed by atoms with E-state index in [1.807, 2.05) is 0 Å². The molecule has 1 rings (SSSR count). The van der Waals surface area contributed by atoms with Crippen LogP contribution in [0.15, 0.2) is 21.5 Å². The van der Waals surface area contributed by atoms with Crippen LogP contribution < -0.4 is 10.5 Å². The van der Waals surface area contributed by atoms with Crippen LogP contribution in [0.2, 0.25) is 0 Å². The Hall–Kier alpha value is -0.700. The van der Waals surface area contributed by atoms with Crippen LogP contribution >= 0.6 is 15.9 Å². The number of nitrogens with two attached hydrogens (primary N) is 1. The summed E-state index contributed by atoms with van der Waals surface area (Å²) in [5, 5.41) is 0. The van der Waals surface area contributed by atoms with E-state index in [4.69, 9.17) is 10.5 Å². The zero-order valence-electron chi connectivity index (χ0n) is 10.8. The topological polar surface area (TPSA) is 81.4 Å². The lowest BCUT2D eigenvalue weighted by Crippen LogP contribution is -2.39. The number of nitrogens with one attached hydrogen (secondary N) is 1. The number of hydrogen-bond donors (Lipinski definition) is 2. The SMILES string of the molecule is COC(C)(C)CNS(=O)(=O)c1cc(N)cc(Br)c1F. The molecular formula is C11H16BrFN2O3S. The standard InChI is InChI=1S/C11H16BrFN2O3S/c1-11(2,18-3)6-15-19(16,17)9-5-7(14)4-8(12)10(9)13/h4-5,15H,6,14H2,1-3H3. The van der Waals surface area contributed by atoms with Gasteiger partial charge in [0.05, 0.1) is 10.1 Å². The van der Waals surface area contributed by atoms with Gasteiger partial charge in [-0.15, -0.1) is 0 Å². The highest BCUT2D eigenvalue weighted by molar-refractivity contribution is 9.10. The van der Waals surface area contributed by atoms with E-state index in [1.165, 1.54) is 13.2 Å². The first-order valence-corrected chi connectivity index (χ1v) is 7.66. The molecule has 0 saturated carbocycles. The van der Waals surface area contributed by atoms with Crippen molar-refractivity contribution in [3.63, 3.8) is 0 Å². The fourth-order valence-electron chi connectivity index (χ4n) is 1.20. The third kappa shape index (κ3) is 4.13. The molecule has 19 heavy (non-hydrogen) atoms. The van der Waals surface area contributed by atoms with Crippen LogP contribution in [0.3, 0.4) is 0 Å². The van der Waals surface area contributed by atoms with Crippen LogP contribution in [-0.4, -0.2) is 27.7 Å². The summed E-state index contributed by atoms with van der Waals surface area (Å²) >= 11 is 2.92. The molecule has 1 aromatic rings. The lowest BCUT2D eigenvalue weighted by molar-refractivity contribution is 0.0276. The molecule has 1 aromatic carbocycles. The van der Waals surface area contributed by atoms with Crippen LogP contribution in [0.4, 0.5) is 10.1 Å². The summed E-state index contributed by atoms with van der Waals surface area (Å²) in [4.78, 5) is -0.494. The van der Waals surface area contributed by atoms with Crippen molar-refractivity contribution in [3.05, 3.63) is 22.4 Å². The second kappa shape index (κ2) is 5.74. The van der Waals surface area contributed by atoms with Gasteiger partial charge < -0.3 is 10.5 Å². The van der Waals surface area contributed by atoms with Gasteiger partial charge in [-0.25, -0.2) is 17.5 Å². The molecule has 0 spiro atoms. The molecule has 0 radical (unpaired) electrons. The van der Waals surface area contributed by atoms with E-state index in [9.17, 15) is 12.8 Å². The number of ether oxygens (including phenoxy) is 1. The van der Waals surface area contributed by atoms with Crippen molar-refractivity contribution >= 4 is 31.6 Å². The van der Waals surface area contributed by atoms with Crippen molar-refractivity contribution in [2.75, 3.05) is 19.4 Å². The molecule has 0 heterocycles. The molecule has 0 bridgehead atoms. The average molecular weight is 355 g/mol. The van der Waals surface area contributed by atoms with Gasteiger partial charge in [-0.2, -0.15) is 0 Å². The number of benzene rings is 1. The Balaban J connectivity index is 3.08. The molecule has 108 valence electrons. The molecule has 0 aliphatic carbocycles. The van der Waals surface area contributed by atoms with Crippen molar-refractivity contribution in [2.24, 2.45) is 0 Å². The molecule has 0 amide bonds. The molecule has 0 aromatic heterocycles. The van der Waals surface area contributed by atoms with E-state index in [1.54, 1.807) is 13.8 Å². The summed E-state index contributed by atoms with van der Waals surface area (Å²) in [6.45, 7) is 3.43. The lowest BCUT2D eigenvalue weighted by atomic mass is 10.1. The second-order valence-corrected chi connectivity index (χ2v) is 7.19. The Morgan fingerprint density at radius 2 is 2.05 bits per heavy atom. The number of nitrogen functional groups attached to an aromatic ring is 1. The Morgan fingerprint density at radius 3 is 2.58 bits per heavy atom. The van der Waals surface area contributed by atoms with E-state index < -0.39 is 26.3 Å². The third-order valence-corrected chi connectivity index (χ3v) is 4.52. The first-order chi connectivity index (χ1) is 8.59. The number of hydrogen-bond acceptors (Lipinski definition) is 4. The maximum Gasteiger partial charge on any atom is 0.243 e. The van der Waals surface area contributed by atoms with Gasteiger partial charge in [0.15, 0.2) is 5.82 Å². The van der Waals surface area contributed by atoms with E-state index in [0.717, 1.165) is 6.07 Å². The van der Waals surface area contributed by atoms with Crippen molar-refractivity contribution < 1.29 is 17.5 Å². The second-order valence-electron chi connectivity index (χ2n) is 4.60. The van der Waals surface area contributed by atoms with Gasteiger partial charge in [-0.1, -0.05) is 0 Å². The van der Waals surface area contributed by atoms with E-state index in [0.29, 0.717) is 0 Å². The zero-order valence-corrected chi connectivity index (χ0v) is 13.2. The molecule has 0 saturated heterocycles. The summed E-state index contributed by atoms with van der Waals surface area (Å²) in [7, 11) is -2.53. The number of sulfonamides is 1. The molecule has 5 nitrogen and oxygen atoms in total. The molecule has 8 heteroatoms. The molecule has 0 aliphatic heterocycles. The highest BCUT2D eigenvalue weighted by Crippen LogP contribution is 2.26. The van der Waals surface area contributed by atoms with Crippen LogP contribution in [0, 0.1) is 5.82 Å². The minimum atomic E-state index is -3.99. The summed E-state index contributed by atoms with van der Waals surface area (Å²) in [6, 6.07) is 2.37. The Labute approximate surface area is 120 Å². The Bertz CT molecular complexity index is 576. The summed E-state index contributed by atoms with van der Waals surface area (Å²) in [5.41, 5.74) is 4.98. The third-order valence-electron chi connectivity index (χ3n) is 2.55. The number of anilines is 1. The minimum Gasteiger partial charge on any atom is -0.399 e. The maximum absolute atomic E-state index is 13.8. The van der Waals surface area contributed by atoms with Gasteiger partial charge in [-0.05, 0) is 41.9 Å². The minimum absolute atomic E-state index is 0.00104. The summed E-state index contributed by atoms with van der Waals surface area (Å²) in [6.07, 6.45) is 0. The maximum atomic E-state index is 13.8. The summed E-state index contributed by atoms with van der Waals surface area (Å²) < 4.78 is 45.3. The first-order valence-electron chi connectivity index (χ1n) is 5.38. The van der Waals surface area contributed by atoms with Gasteiger partial charge in [0.25, 0.3) is 0 Å². The average Bonchev–Trinajstić information content (AvgIpc) is 2.31. The molecule has 3 N–H and O–H groups in total. The Kier molecular flexibility index (Phi) is 4.94. The predicted octanol–water partition coefficient (Wildman–Crippen LogP) is 1.87. The van der Waals surface area contributed by atoms with Crippen molar-refractivity contribution in [1.82, 2.24) is 4.72 Å². The zero-order chi connectivity index (χ0) is 14.8. The summed E-state index contributed by atoms with van der Waals surface area (Å²) in [5.74, 6) is -0.878. The fraction of sp³-hybridized carbons (Fsp3) is 0.455. The van der Waals surface area contributed by atoms with Gasteiger partial charge in [0.1, 0.15) is 4.90 Å². The number of rotatable bonds is 5. The monoisotopic (exact) mass is 354 g/mol. The van der Waals surface area contributed by atoms with Crippen molar-refractivity contribution in [3.8, 4) is 0 Å². The quantitative estimate of drug-likeness (QED) is 0.791. The van der Waals surface area contributed by atoms with Gasteiger partial charge >= 0.3 is 0 Å². The number of halogens is 2. The van der Waals surface area contributed by atoms with Crippen LogP contribution in [0.5, 0.6) is 0 Å². The lowest BCUT2D eigenvalue weighted by Gasteiger charge is -2.23. The van der Waals surface area contributed by atoms with Crippen LogP contribution in [-0.2, 0) is 14.8 Å². The highest BCUT2D eigenvalue weighted by Gasteiger charge is 2.25. The highest BCUT2D eigenvalue weighted by atomic mass is 79.9. The molecular weight excluding hydrogens is 339 g/mol. The van der Waals surface area contributed by atoms with Gasteiger partial charge in [0, 0.05) is 19.3 Å². The van der Waals surface area contributed by atoms with E-state index in [-0.39, 0.29) is 16.7 Å². The molecule has 0 aliphatic rings. The smallest absolute Gasteiger partial charge is 0.243 e. The first kappa shape index (κ1) is 16.4. The van der Waals surface area contributed by atoms with Crippen LogP contribution in [0.25, 0.3) is 0 Å². The number of methoxy groups -OCH3 is 1. The van der Waals surface area contributed by atoms with E-state index >= 15 is 0 Å². The van der Waals surface area contributed by atoms with Gasteiger partial charge in [0.2, 0.25) is 10.0 Å².